The molecular formula is C17H35NO2. The zero-order valence-corrected chi connectivity index (χ0v) is 14.7. The van der Waals surface area contributed by atoms with Crippen molar-refractivity contribution in [3.8, 4) is 0 Å². The summed E-state index contributed by atoms with van der Waals surface area (Å²) in [5.41, 5.74) is 0.0275. The maximum atomic E-state index is 11.5. The van der Waals surface area contributed by atoms with E-state index in [1.165, 1.54) is 0 Å². The molecule has 0 aromatic heterocycles. The third-order valence-corrected chi connectivity index (χ3v) is 5.01. The van der Waals surface area contributed by atoms with Crippen LogP contribution in [0.15, 0.2) is 0 Å². The topological polar surface area (TPSA) is 29.5 Å². The maximum absolute atomic E-state index is 11.5. The van der Waals surface area contributed by atoms with Gasteiger partial charge >= 0.3 is 0 Å². The molecule has 0 rings (SSSR count). The first kappa shape index (κ1) is 19.6. The Hall–Kier alpha value is -0.410. The van der Waals surface area contributed by atoms with Gasteiger partial charge in [0.2, 0.25) is 0 Å². The molecule has 0 aromatic rings. The van der Waals surface area contributed by atoms with Crippen molar-refractivity contribution < 1.29 is 9.53 Å². The minimum Gasteiger partial charge on any atom is -0.375 e. The van der Waals surface area contributed by atoms with Gasteiger partial charge in [0.1, 0.15) is 5.78 Å². The van der Waals surface area contributed by atoms with Gasteiger partial charge in [0.15, 0.2) is 0 Å². The lowest BCUT2D eigenvalue weighted by Crippen LogP contribution is -2.42. The van der Waals surface area contributed by atoms with Crippen LogP contribution in [0.1, 0.15) is 73.1 Å². The Morgan fingerprint density at radius 3 is 2.05 bits per heavy atom. The molecular weight excluding hydrogens is 250 g/mol. The highest BCUT2D eigenvalue weighted by molar-refractivity contribution is 5.78. The predicted molar refractivity (Wildman–Crippen MR) is 86.2 cm³/mol. The van der Waals surface area contributed by atoms with Gasteiger partial charge in [-0.1, -0.05) is 20.8 Å². The van der Waals surface area contributed by atoms with E-state index in [0.29, 0.717) is 18.6 Å². The van der Waals surface area contributed by atoms with Crippen molar-refractivity contribution in [3.05, 3.63) is 0 Å². The first-order chi connectivity index (χ1) is 9.23. The van der Waals surface area contributed by atoms with Gasteiger partial charge in [-0.15, -0.1) is 0 Å². The molecule has 0 aliphatic rings. The summed E-state index contributed by atoms with van der Waals surface area (Å²) in [4.78, 5) is 13.8. The highest BCUT2D eigenvalue weighted by Crippen LogP contribution is 2.26. The van der Waals surface area contributed by atoms with Crippen molar-refractivity contribution in [2.75, 3.05) is 20.7 Å². The summed E-state index contributed by atoms with van der Waals surface area (Å²) in [5.74, 6) is 0.333. The smallest absolute Gasteiger partial charge is 0.132 e. The van der Waals surface area contributed by atoms with Crippen molar-refractivity contribution in [3.63, 3.8) is 0 Å². The van der Waals surface area contributed by atoms with E-state index in [4.69, 9.17) is 4.74 Å². The number of hydrogen-bond acceptors (Lipinski definition) is 3. The van der Waals surface area contributed by atoms with E-state index < -0.39 is 0 Å². The van der Waals surface area contributed by atoms with Crippen molar-refractivity contribution >= 4 is 5.78 Å². The molecule has 0 aliphatic carbocycles. The Morgan fingerprint density at radius 1 is 1.05 bits per heavy atom. The normalized spacial score (nSPS) is 17.8. The van der Waals surface area contributed by atoms with Crippen LogP contribution in [0.2, 0.25) is 0 Å². The lowest BCUT2D eigenvalue weighted by atomic mass is 9.92. The lowest BCUT2D eigenvalue weighted by molar-refractivity contribution is -0.121. The largest absolute Gasteiger partial charge is 0.375 e. The first-order valence-electron chi connectivity index (χ1n) is 8.06. The van der Waals surface area contributed by atoms with E-state index >= 15 is 0 Å². The maximum Gasteiger partial charge on any atom is 0.132 e. The van der Waals surface area contributed by atoms with Gasteiger partial charge < -0.3 is 9.64 Å². The fourth-order valence-electron chi connectivity index (χ4n) is 2.17. The average Bonchev–Trinajstić information content (AvgIpc) is 2.44. The minimum atomic E-state index is -0.161. The summed E-state index contributed by atoms with van der Waals surface area (Å²) in [6.45, 7) is 11.5. The number of hydrogen-bond donors (Lipinski definition) is 0. The summed E-state index contributed by atoms with van der Waals surface area (Å²) in [6, 6.07) is 0. The molecule has 3 nitrogen and oxygen atoms in total. The van der Waals surface area contributed by atoms with Crippen LogP contribution in [-0.2, 0) is 9.53 Å². The summed E-state index contributed by atoms with van der Waals surface area (Å²) in [6.07, 6.45) is 5.19. The standard InChI is InChI=1S/C17H35NO2/c1-8-15(19)11-12-17(5,10-3)20-14-13-16(4,9-2)18(6)7/h8-14H2,1-7H3. The Balaban J connectivity index is 4.33. The average molecular weight is 285 g/mol. The number of rotatable bonds is 11. The first-order valence-corrected chi connectivity index (χ1v) is 8.06. The highest BCUT2D eigenvalue weighted by atomic mass is 16.5. The van der Waals surface area contributed by atoms with Crippen LogP contribution in [0, 0.1) is 0 Å². The molecule has 2 unspecified atom stereocenters. The van der Waals surface area contributed by atoms with Crippen molar-refractivity contribution in [1.29, 1.82) is 0 Å². The van der Waals surface area contributed by atoms with Crippen LogP contribution >= 0.6 is 0 Å². The highest BCUT2D eigenvalue weighted by Gasteiger charge is 2.28. The fraction of sp³-hybridized carbons (Fsp3) is 0.941. The van der Waals surface area contributed by atoms with Gasteiger partial charge in [-0.2, -0.15) is 0 Å². The van der Waals surface area contributed by atoms with E-state index in [1.54, 1.807) is 0 Å². The Morgan fingerprint density at radius 2 is 1.65 bits per heavy atom. The Kier molecular flexibility index (Phi) is 8.60. The van der Waals surface area contributed by atoms with Gasteiger partial charge in [-0.05, 0) is 53.6 Å². The molecule has 0 N–H and O–H groups in total. The SMILES string of the molecule is CCC(=O)CCC(C)(CC)OCCC(C)(CC)N(C)C. The molecule has 0 amide bonds. The van der Waals surface area contributed by atoms with Gasteiger partial charge in [0.25, 0.3) is 0 Å². The summed E-state index contributed by atoms with van der Waals surface area (Å²) >= 11 is 0. The zero-order chi connectivity index (χ0) is 15.8. The molecule has 20 heavy (non-hydrogen) atoms. The molecule has 0 spiro atoms. The van der Waals surface area contributed by atoms with Crippen LogP contribution < -0.4 is 0 Å². The van der Waals surface area contributed by atoms with Crippen LogP contribution in [0.5, 0.6) is 0 Å². The minimum absolute atomic E-state index is 0.161. The van der Waals surface area contributed by atoms with Crippen LogP contribution in [0.4, 0.5) is 0 Å². The van der Waals surface area contributed by atoms with E-state index in [-0.39, 0.29) is 11.1 Å². The van der Waals surface area contributed by atoms with E-state index in [9.17, 15) is 4.79 Å². The third kappa shape index (κ3) is 6.36. The summed E-state index contributed by atoms with van der Waals surface area (Å²) in [5, 5.41) is 0. The van der Waals surface area contributed by atoms with E-state index in [2.05, 4.69) is 46.7 Å². The monoisotopic (exact) mass is 285 g/mol. The molecule has 0 aromatic carbocycles. The van der Waals surface area contributed by atoms with Crippen molar-refractivity contribution in [1.82, 2.24) is 4.90 Å². The Labute approximate surface area is 126 Å². The molecule has 120 valence electrons. The number of carbonyl (C=O) groups is 1. The molecule has 0 aliphatic heterocycles. The van der Waals surface area contributed by atoms with Crippen LogP contribution in [-0.4, -0.2) is 42.5 Å². The van der Waals surface area contributed by atoms with Crippen molar-refractivity contribution in [2.24, 2.45) is 0 Å². The molecule has 0 heterocycles. The second-order valence-electron chi connectivity index (χ2n) is 6.54. The fourth-order valence-corrected chi connectivity index (χ4v) is 2.17. The summed E-state index contributed by atoms with van der Waals surface area (Å²) < 4.78 is 6.14. The molecule has 0 radical (unpaired) electrons. The second-order valence-corrected chi connectivity index (χ2v) is 6.54. The van der Waals surface area contributed by atoms with Crippen LogP contribution in [0.3, 0.4) is 0 Å². The molecule has 3 heteroatoms. The quantitative estimate of drug-likeness (QED) is 0.573. The third-order valence-electron chi connectivity index (χ3n) is 5.01. The van der Waals surface area contributed by atoms with Gasteiger partial charge in [0.05, 0.1) is 5.60 Å². The number of ether oxygens (including phenoxy) is 1. The number of carbonyl (C=O) groups excluding carboxylic acids is 1. The predicted octanol–water partition coefficient (Wildman–Crippen LogP) is 4.05. The molecule has 0 saturated carbocycles. The number of nitrogens with zero attached hydrogens (tertiary/aromatic N) is 1. The summed E-state index contributed by atoms with van der Waals surface area (Å²) in [7, 11) is 4.25. The number of ketones is 1. The molecule has 0 bridgehead atoms. The molecule has 0 saturated heterocycles. The Bertz CT molecular complexity index is 291. The number of Topliss-reactive ketones (excluding diaryl/α,β-unsaturated/α-hetero) is 1. The molecule has 0 fully saturated rings. The van der Waals surface area contributed by atoms with E-state index in [1.807, 2.05) is 6.92 Å². The van der Waals surface area contributed by atoms with Gasteiger partial charge in [-0.3, -0.25) is 4.79 Å². The zero-order valence-electron chi connectivity index (χ0n) is 14.7. The van der Waals surface area contributed by atoms with E-state index in [0.717, 1.165) is 32.3 Å². The van der Waals surface area contributed by atoms with Gasteiger partial charge in [-0.25, -0.2) is 0 Å². The van der Waals surface area contributed by atoms with Crippen molar-refractivity contribution in [2.45, 2.75) is 84.3 Å². The second kappa shape index (κ2) is 8.78. The van der Waals surface area contributed by atoms with Crippen LogP contribution in [0.25, 0.3) is 0 Å². The lowest BCUT2D eigenvalue weighted by Gasteiger charge is -2.37. The molecule has 2 atom stereocenters. The van der Waals surface area contributed by atoms with Gasteiger partial charge in [0, 0.05) is 25.0 Å².